The minimum absolute atomic E-state index is 0.0577. The van der Waals surface area contributed by atoms with Gasteiger partial charge in [-0.3, -0.25) is 9.36 Å². The molecular weight excluding hydrogens is 828 g/mol. The Morgan fingerprint density at radius 2 is 1.85 bits per heavy atom. The number of ether oxygens (including phenoxy) is 4. The Balaban J connectivity index is 1.96. The molecular formula is C27H22BrI2N3O6S. The summed E-state index contributed by atoms with van der Waals surface area (Å²) in [5.41, 5.74) is 1.82. The minimum atomic E-state index is -0.825. The Morgan fingerprint density at radius 3 is 2.45 bits per heavy atom. The summed E-state index contributed by atoms with van der Waals surface area (Å²) in [7, 11) is 3.05. The molecule has 0 radical (unpaired) electrons. The summed E-state index contributed by atoms with van der Waals surface area (Å²) in [5.74, 6) is 1.01. The van der Waals surface area contributed by atoms with Gasteiger partial charge in [0.25, 0.3) is 5.56 Å². The number of benzene rings is 2. The number of allylic oxidation sites excluding steroid dienone is 1. The van der Waals surface area contributed by atoms with Gasteiger partial charge in [0.05, 0.1) is 49.8 Å². The maximum absolute atomic E-state index is 14.0. The average Bonchev–Trinajstić information content (AvgIpc) is 3.21. The summed E-state index contributed by atoms with van der Waals surface area (Å²) in [6, 6.07) is 8.39. The number of hydrogen-bond acceptors (Lipinski definition) is 9. The van der Waals surface area contributed by atoms with E-state index in [9.17, 15) is 9.59 Å². The highest BCUT2D eigenvalue weighted by Gasteiger charge is 2.35. The van der Waals surface area contributed by atoms with E-state index in [0.717, 1.165) is 12.7 Å². The zero-order valence-corrected chi connectivity index (χ0v) is 28.4. The molecule has 0 bridgehead atoms. The molecule has 2 aromatic carbocycles. The van der Waals surface area contributed by atoms with E-state index in [1.165, 1.54) is 30.1 Å². The second kappa shape index (κ2) is 13.0. The van der Waals surface area contributed by atoms with E-state index in [2.05, 4.69) is 66.1 Å². The van der Waals surface area contributed by atoms with Crippen molar-refractivity contribution in [2.75, 3.05) is 27.4 Å². The lowest BCUT2D eigenvalue weighted by Gasteiger charge is -2.26. The summed E-state index contributed by atoms with van der Waals surface area (Å²) >= 11 is 9.12. The highest BCUT2D eigenvalue weighted by Crippen LogP contribution is 2.40. The van der Waals surface area contributed by atoms with Crippen LogP contribution in [0.25, 0.3) is 6.08 Å². The number of halogens is 3. The Kier molecular flexibility index (Phi) is 9.96. The van der Waals surface area contributed by atoms with E-state index >= 15 is 0 Å². The maximum atomic E-state index is 14.0. The monoisotopic (exact) mass is 849 g/mol. The van der Waals surface area contributed by atoms with Gasteiger partial charge < -0.3 is 18.9 Å². The lowest BCUT2D eigenvalue weighted by molar-refractivity contribution is -0.139. The molecule has 1 atom stereocenters. The highest BCUT2D eigenvalue weighted by molar-refractivity contribution is 14.1. The van der Waals surface area contributed by atoms with E-state index in [4.69, 9.17) is 24.2 Å². The van der Waals surface area contributed by atoms with Crippen LogP contribution < -0.4 is 29.1 Å². The number of esters is 1. The van der Waals surface area contributed by atoms with E-state index < -0.39 is 12.0 Å². The number of fused-ring (bicyclic) bond motifs is 1. The van der Waals surface area contributed by atoms with Crippen LogP contribution in [0.2, 0.25) is 0 Å². The summed E-state index contributed by atoms with van der Waals surface area (Å²) in [4.78, 5) is 32.3. The van der Waals surface area contributed by atoms with E-state index in [1.54, 1.807) is 32.1 Å². The predicted molar refractivity (Wildman–Crippen MR) is 171 cm³/mol. The Morgan fingerprint density at radius 1 is 1.20 bits per heavy atom. The van der Waals surface area contributed by atoms with Gasteiger partial charge in [0.1, 0.15) is 11.8 Å². The average molecular weight is 850 g/mol. The third kappa shape index (κ3) is 5.95. The number of nitriles is 1. The van der Waals surface area contributed by atoms with Crippen molar-refractivity contribution >= 4 is 84.5 Å². The van der Waals surface area contributed by atoms with Gasteiger partial charge >= 0.3 is 5.97 Å². The number of carbonyl (C=O) groups is 1. The summed E-state index contributed by atoms with van der Waals surface area (Å²) in [6.45, 7) is 3.57. The van der Waals surface area contributed by atoms with Crippen LogP contribution in [0.1, 0.15) is 31.0 Å². The lowest BCUT2D eigenvalue weighted by atomic mass is 9.95. The third-order valence-electron chi connectivity index (χ3n) is 5.91. The van der Waals surface area contributed by atoms with Crippen LogP contribution in [-0.4, -0.2) is 38.0 Å². The van der Waals surface area contributed by atoms with Gasteiger partial charge in [-0.15, -0.1) is 0 Å². The van der Waals surface area contributed by atoms with E-state index in [-0.39, 0.29) is 24.3 Å². The molecule has 3 aromatic rings. The SMILES string of the molecule is CCOC(=O)C1=C(C)N=c2s/c(=C\c3cc(I)c(OCC#N)c(I)c3)c(=O)n2[C@@H]1c1cc(OC)c(OC)cc1Br. The maximum Gasteiger partial charge on any atom is 0.338 e. The molecule has 1 aliphatic rings. The normalized spacial score (nSPS) is 14.8. The minimum Gasteiger partial charge on any atom is -0.493 e. The number of aromatic nitrogens is 1. The molecule has 0 unspecified atom stereocenters. The van der Waals surface area contributed by atoms with Crippen LogP contribution in [0.5, 0.6) is 17.2 Å². The van der Waals surface area contributed by atoms with Crippen LogP contribution >= 0.6 is 72.4 Å². The fraction of sp³-hybridized carbons (Fsp3) is 0.259. The van der Waals surface area contributed by atoms with Crippen LogP contribution in [0.15, 0.2) is 49.8 Å². The smallest absolute Gasteiger partial charge is 0.338 e. The van der Waals surface area contributed by atoms with Gasteiger partial charge in [-0.25, -0.2) is 9.79 Å². The van der Waals surface area contributed by atoms with Gasteiger partial charge in [0.15, 0.2) is 22.9 Å². The van der Waals surface area contributed by atoms with Gasteiger partial charge in [-0.2, -0.15) is 5.26 Å². The van der Waals surface area contributed by atoms with Crippen molar-refractivity contribution in [3.8, 4) is 23.3 Å². The van der Waals surface area contributed by atoms with Crippen molar-refractivity contribution < 1.29 is 23.7 Å². The highest BCUT2D eigenvalue weighted by atomic mass is 127. The second-order valence-electron chi connectivity index (χ2n) is 8.29. The Bertz CT molecular complexity index is 1740. The van der Waals surface area contributed by atoms with Gasteiger partial charge in [0, 0.05) is 4.47 Å². The Hall–Kier alpha value is -2.42. The van der Waals surface area contributed by atoms with Crippen molar-refractivity contribution in [1.29, 1.82) is 5.26 Å². The molecule has 0 saturated carbocycles. The first kappa shape index (κ1) is 30.5. The van der Waals surface area contributed by atoms with Crippen molar-refractivity contribution in [3.63, 3.8) is 0 Å². The summed E-state index contributed by atoms with van der Waals surface area (Å²) in [6.07, 6.45) is 1.78. The molecule has 0 spiro atoms. The molecule has 13 heteroatoms. The van der Waals surface area contributed by atoms with E-state index in [0.29, 0.717) is 42.3 Å². The molecule has 208 valence electrons. The van der Waals surface area contributed by atoms with Crippen LogP contribution in [0.3, 0.4) is 0 Å². The fourth-order valence-corrected chi connectivity index (χ4v) is 7.94. The summed E-state index contributed by atoms with van der Waals surface area (Å²) in [5, 5.41) is 8.87. The molecule has 2 heterocycles. The predicted octanol–water partition coefficient (Wildman–Crippen LogP) is 4.69. The number of carbonyl (C=O) groups excluding carboxylic acids is 1. The van der Waals surface area contributed by atoms with Crippen molar-refractivity contribution in [1.82, 2.24) is 4.57 Å². The van der Waals surface area contributed by atoms with Crippen molar-refractivity contribution in [2.45, 2.75) is 19.9 Å². The fourth-order valence-electron chi connectivity index (χ4n) is 4.22. The molecule has 1 aliphatic heterocycles. The number of rotatable bonds is 8. The van der Waals surface area contributed by atoms with Crippen LogP contribution in [0.4, 0.5) is 0 Å². The lowest BCUT2D eigenvalue weighted by Crippen LogP contribution is -2.40. The number of hydrogen-bond donors (Lipinski definition) is 0. The largest absolute Gasteiger partial charge is 0.493 e. The van der Waals surface area contributed by atoms with Gasteiger partial charge in [-0.1, -0.05) is 27.3 Å². The van der Waals surface area contributed by atoms with Crippen molar-refractivity contribution in [2.24, 2.45) is 4.99 Å². The van der Waals surface area contributed by atoms with Crippen LogP contribution in [0, 0.1) is 18.5 Å². The molecule has 0 amide bonds. The number of nitrogens with zero attached hydrogens (tertiary/aromatic N) is 3. The zero-order chi connectivity index (χ0) is 29.1. The first-order valence-corrected chi connectivity index (χ1v) is 15.5. The third-order valence-corrected chi connectivity index (χ3v) is 9.19. The van der Waals surface area contributed by atoms with E-state index in [1.807, 2.05) is 18.2 Å². The molecule has 9 nitrogen and oxygen atoms in total. The first-order valence-electron chi connectivity index (χ1n) is 11.7. The molecule has 0 aliphatic carbocycles. The van der Waals surface area contributed by atoms with Gasteiger partial charge in [0.2, 0.25) is 0 Å². The molecule has 40 heavy (non-hydrogen) atoms. The molecule has 0 saturated heterocycles. The summed E-state index contributed by atoms with van der Waals surface area (Å²) < 4.78 is 26.1. The second-order valence-corrected chi connectivity index (χ2v) is 12.5. The number of methoxy groups -OCH3 is 2. The first-order chi connectivity index (χ1) is 19.1. The topological polar surface area (TPSA) is 112 Å². The zero-order valence-electron chi connectivity index (χ0n) is 21.7. The van der Waals surface area contributed by atoms with Crippen LogP contribution in [-0.2, 0) is 9.53 Å². The quantitative estimate of drug-likeness (QED) is 0.239. The molecule has 0 fully saturated rings. The Labute approximate surface area is 269 Å². The molecule has 0 N–H and O–H groups in total. The number of thiazole rings is 1. The van der Waals surface area contributed by atoms with Crippen molar-refractivity contribution in [3.05, 3.63) is 78.0 Å². The molecule has 4 rings (SSSR count). The standard InChI is InChI=1S/C27H22BrI2N3O6S/c1-5-38-26(35)22-13(2)32-27-33(23(22)15-11-19(36-3)20(37-4)12-16(15)28)25(34)21(40-27)10-14-8-17(29)24(18(30)9-14)39-7-6-31/h8-12,23H,5,7H2,1-4H3/b21-10-/t23-/m1/s1. The molecule has 1 aromatic heterocycles. The van der Waals surface area contributed by atoms with Gasteiger partial charge in [-0.05, 0) is 100 Å².